The first-order valence-corrected chi connectivity index (χ1v) is 13.8. The van der Waals surface area contributed by atoms with E-state index in [0.717, 1.165) is 40.6 Å². The highest BCUT2D eigenvalue weighted by atomic mass is 32.2. The molecule has 0 unspecified atom stereocenters. The van der Waals surface area contributed by atoms with Gasteiger partial charge in [0.05, 0.1) is 6.54 Å². The number of nitrogens with one attached hydrogen (secondary N) is 1. The lowest BCUT2D eigenvalue weighted by molar-refractivity contribution is 0.0951. The number of hydrogen-bond acceptors (Lipinski definition) is 5. The van der Waals surface area contributed by atoms with Crippen LogP contribution in [0.15, 0.2) is 78.1 Å². The average Bonchev–Trinajstić information content (AvgIpc) is 3.28. The molecule has 6 nitrogen and oxygen atoms in total. The molecule has 0 bridgehead atoms. The highest BCUT2D eigenvalue weighted by Gasteiger charge is 2.14. The molecule has 1 saturated heterocycles. The summed E-state index contributed by atoms with van der Waals surface area (Å²) >= 11 is 1.72. The van der Waals surface area contributed by atoms with Crippen LogP contribution in [0.3, 0.4) is 0 Å². The van der Waals surface area contributed by atoms with Crippen LogP contribution in [0.4, 0.5) is 0 Å². The Balaban J connectivity index is 1.20. The smallest absolute Gasteiger partial charge is 0.251 e. The molecule has 1 amide bonds. The van der Waals surface area contributed by atoms with Crippen molar-refractivity contribution in [1.82, 2.24) is 24.8 Å². The lowest BCUT2D eigenvalue weighted by Gasteiger charge is -2.26. The van der Waals surface area contributed by atoms with Gasteiger partial charge in [-0.1, -0.05) is 60.6 Å². The summed E-state index contributed by atoms with van der Waals surface area (Å²) in [5, 5.41) is 4.02. The van der Waals surface area contributed by atoms with Gasteiger partial charge in [0, 0.05) is 24.1 Å². The third-order valence-electron chi connectivity index (χ3n) is 6.62. The highest BCUT2D eigenvalue weighted by molar-refractivity contribution is 7.98. The summed E-state index contributed by atoms with van der Waals surface area (Å²) in [6.45, 7) is 4.83. The molecule has 0 aliphatic carbocycles. The summed E-state index contributed by atoms with van der Waals surface area (Å²) in [5.41, 5.74) is 4.85. The number of amides is 1. The fourth-order valence-electron chi connectivity index (χ4n) is 4.65. The fourth-order valence-corrected chi connectivity index (χ4v) is 5.60. The molecular weight excluding hydrogens is 466 g/mol. The van der Waals surface area contributed by atoms with E-state index in [4.69, 9.17) is 4.98 Å². The molecule has 1 aliphatic heterocycles. The molecule has 2 aromatic carbocycles. The Morgan fingerprint density at radius 1 is 0.917 bits per heavy atom. The number of carbonyl (C=O) groups is 1. The normalized spacial score (nSPS) is 14.2. The van der Waals surface area contributed by atoms with E-state index in [1.54, 1.807) is 11.8 Å². The molecule has 36 heavy (non-hydrogen) atoms. The van der Waals surface area contributed by atoms with Gasteiger partial charge in [0.15, 0.2) is 10.8 Å². The van der Waals surface area contributed by atoms with E-state index in [9.17, 15) is 4.79 Å². The van der Waals surface area contributed by atoms with Crippen LogP contribution in [0.25, 0.3) is 11.2 Å². The molecule has 7 heteroatoms. The van der Waals surface area contributed by atoms with Gasteiger partial charge < -0.3 is 10.2 Å². The van der Waals surface area contributed by atoms with Crippen molar-refractivity contribution in [3.63, 3.8) is 0 Å². The second kappa shape index (κ2) is 12.2. The Kier molecular flexibility index (Phi) is 8.31. The van der Waals surface area contributed by atoms with E-state index in [2.05, 4.69) is 44.0 Å². The summed E-state index contributed by atoms with van der Waals surface area (Å²) in [4.78, 5) is 24.6. The second-order valence-electron chi connectivity index (χ2n) is 9.31. The van der Waals surface area contributed by atoms with E-state index in [1.807, 2.05) is 48.7 Å². The second-order valence-corrected chi connectivity index (χ2v) is 10.3. The van der Waals surface area contributed by atoms with E-state index in [-0.39, 0.29) is 5.91 Å². The number of likely N-dealkylation sites (tertiary alicyclic amines) is 1. The molecule has 3 heterocycles. The Morgan fingerprint density at radius 3 is 2.53 bits per heavy atom. The molecule has 0 radical (unpaired) electrons. The standard InChI is InChI=1S/C29H33N5OS/c35-28(31-17-8-20-33-18-5-2-6-19-33)25-14-12-23(13-15-25)21-34-27-26(11-7-16-30-27)32-29(34)36-22-24-9-3-1-4-10-24/h1,3-4,7,9-16H,2,5-6,8,17-22H2,(H,31,35). The SMILES string of the molecule is O=C(NCCCN1CCCCC1)c1ccc(Cn2c(SCc3ccccc3)nc3cccnc32)cc1. The van der Waals surface area contributed by atoms with Crippen molar-refractivity contribution in [2.24, 2.45) is 0 Å². The summed E-state index contributed by atoms with van der Waals surface area (Å²) in [6, 6.07) is 22.2. The van der Waals surface area contributed by atoms with Crippen molar-refractivity contribution in [3.8, 4) is 0 Å². The third-order valence-corrected chi connectivity index (χ3v) is 7.67. The number of nitrogens with zero attached hydrogens (tertiary/aromatic N) is 4. The lowest BCUT2D eigenvalue weighted by atomic mass is 10.1. The van der Waals surface area contributed by atoms with Crippen LogP contribution in [0, 0.1) is 0 Å². The molecule has 0 saturated carbocycles. The summed E-state index contributed by atoms with van der Waals surface area (Å²) < 4.78 is 2.17. The number of carbonyl (C=O) groups excluding carboxylic acids is 1. The monoisotopic (exact) mass is 499 g/mol. The maximum absolute atomic E-state index is 12.6. The Bertz CT molecular complexity index is 1270. The highest BCUT2D eigenvalue weighted by Crippen LogP contribution is 2.27. The van der Waals surface area contributed by atoms with Gasteiger partial charge in [0.2, 0.25) is 0 Å². The zero-order chi connectivity index (χ0) is 24.6. The topological polar surface area (TPSA) is 63.1 Å². The van der Waals surface area contributed by atoms with Gasteiger partial charge in [-0.25, -0.2) is 9.97 Å². The van der Waals surface area contributed by atoms with Gasteiger partial charge in [-0.3, -0.25) is 9.36 Å². The molecule has 5 rings (SSSR count). The van der Waals surface area contributed by atoms with Crippen LogP contribution in [0.5, 0.6) is 0 Å². The molecule has 2 aromatic heterocycles. The van der Waals surface area contributed by atoms with Crippen LogP contribution in [0.2, 0.25) is 0 Å². The molecule has 1 fully saturated rings. The van der Waals surface area contributed by atoms with Gasteiger partial charge in [0.1, 0.15) is 5.52 Å². The third kappa shape index (κ3) is 6.33. The minimum Gasteiger partial charge on any atom is -0.352 e. The maximum atomic E-state index is 12.6. The minimum atomic E-state index is -0.00551. The largest absolute Gasteiger partial charge is 0.352 e. The Morgan fingerprint density at radius 2 is 1.72 bits per heavy atom. The Labute approximate surface area is 217 Å². The average molecular weight is 500 g/mol. The number of hydrogen-bond donors (Lipinski definition) is 1. The van der Waals surface area contributed by atoms with Crippen molar-refractivity contribution in [3.05, 3.63) is 89.6 Å². The zero-order valence-corrected chi connectivity index (χ0v) is 21.4. The first kappa shape index (κ1) is 24.5. The number of benzene rings is 2. The lowest BCUT2D eigenvalue weighted by Crippen LogP contribution is -2.33. The predicted octanol–water partition coefficient (Wildman–Crippen LogP) is 5.38. The van der Waals surface area contributed by atoms with Gasteiger partial charge in [-0.2, -0.15) is 0 Å². The van der Waals surface area contributed by atoms with Crippen molar-refractivity contribution in [2.45, 2.75) is 43.1 Å². The van der Waals surface area contributed by atoms with Crippen LogP contribution < -0.4 is 5.32 Å². The Hall–Kier alpha value is -3.16. The molecular formula is C29H33N5OS. The first-order chi connectivity index (χ1) is 17.8. The summed E-state index contributed by atoms with van der Waals surface area (Å²) in [6.07, 6.45) is 6.76. The van der Waals surface area contributed by atoms with Crippen molar-refractivity contribution in [1.29, 1.82) is 0 Å². The molecule has 1 N–H and O–H groups in total. The number of thioether (sulfide) groups is 1. The van der Waals surface area contributed by atoms with Crippen molar-refractivity contribution < 1.29 is 4.79 Å². The number of aromatic nitrogens is 3. The minimum absolute atomic E-state index is 0.00551. The molecule has 0 spiro atoms. The maximum Gasteiger partial charge on any atom is 0.251 e. The quantitative estimate of drug-likeness (QED) is 0.235. The molecule has 1 aliphatic rings. The van der Waals surface area contributed by atoms with Crippen LogP contribution >= 0.6 is 11.8 Å². The van der Waals surface area contributed by atoms with E-state index in [0.29, 0.717) is 18.7 Å². The number of imidazole rings is 1. The number of fused-ring (bicyclic) bond motifs is 1. The fraction of sp³-hybridized carbons (Fsp3) is 0.345. The van der Waals surface area contributed by atoms with Crippen molar-refractivity contribution >= 4 is 28.8 Å². The number of piperidine rings is 1. The van der Waals surface area contributed by atoms with Gasteiger partial charge in [-0.15, -0.1) is 0 Å². The summed E-state index contributed by atoms with van der Waals surface area (Å²) in [5.74, 6) is 0.843. The predicted molar refractivity (Wildman–Crippen MR) is 146 cm³/mol. The van der Waals surface area contributed by atoms with Crippen LogP contribution in [0.1, 0.15) is 47.2 Å². The van der Waals surface area contributed by atoms with Crippen LogP contribution in [-0.2, 0) is 12.3 Å². The molecule has 4 aromatic rings. The van der Waals surface area contributed by atoms with Crippen LogP contribution in [-0.4, -0.2) is 51.5 Å². The van der Waals surface area contributed by atoms with Gasteiger partial charge in [0.25, 0.3) is 5.91 Å². The zero-order valence-electron chi connectivity index (χ0n) is 20.6. The van der Waals surface area contributed by atoms with E-state index < -0.39 is 0 Å². The number of pyridine rings is 1. The van der Waals surface area contributed by atoms with Gasteiger partial charge >= 0.3 is 0 Å². The van der Waals surface area contributed by atoms with Gasteiger partial charge in [-0.05, 0) is 74.3 Å². The molecule has 186 valence electrons. The van der Waals surface area contributed by atoms with Crippen molar-refractivity contribution in [2.75, 3.05) is 26.2 Å². The van der Waals surface area contributed by atoms with E-state index >= 15 is 0 Å². The first-order valence-electron chi connectivity index (χ1n) is 12.8. The van der Waals surface area contributed by atoms with E-state index in [1.165, 1.54) is 37.9 Å². The number of rotatable bonds is 10. The molecule has 0 atom stereocenters. The summed E-state index contributed by atoms with van der Waals surface area (Å²) in [7, 11) is 0.